The number of carbonyl (C=O) groups excluding carboxylic acids is 1. The predicted molar refractivity (Wildman–Crippen MR) is 71.8 cm³/mol. The third-order valence-electron chi connectivity index (χ3n) is 2.32. The molecule has 0 bridgehead atoms. The van der Waals surface area contributed by atoms with Crippen molar-refractivity contribution in [3.63, 3.8) is 0 Å². The molecule has 10 heteroatoms. The van der Waals surface area contributed by atoms with E-state index in [0.29, 0.717) is 4.31 Å². The van der Waals surface area contributed by atoms with E-state index in [1.165, 1.54) is 6.07 Å². The van der Waals surface area contributed by atoms with E-state index in [4.69, 9.17) is 27.7 Å². The lowest BCUT2D eigenvalue weighted by atomic mass is 10.2. The number of nitriles is 1. The predicted octanol–water partition coefficient (Wildman–Crippen LogP) is -0.228. The van der Waals surface area contributed by atoms with Crippen LogP contribution >= 0.6 is 11.6 Å². The van der Waals surface area contributed by atoms with Gasteiger partial charge < -0.3 is 10.8 Å². The summed E-state index contributed by atoms with van der Waals surface area (Å²) < 4.78 is 25.0. The Morgan fingerprint density at radius 2 is 2.00 bits per heavy atom. The summed E-state index contributed by atoms with van der Waals surface area (Å²) in [5.41, 5.74) is 5.05. The van der Waals surface area contributed by atoms with Gasteiger partial charge in [0.1, 0.15) is 11.4 Å². The summed E-state index contributed by atoms with van der Waals surface area (Å²) in [6, 6.07) is 5.17. The van der Waals surface area contributed by atoms with Crippen molar-refractivity contribution in [3.05, 3.63) is 28.8 Å². The number of primary amides is 1. The van der Waals surface area contributed by atoms with Crippen molar-refractivity contribution in [1.82, 2.24) is 4.31 Å². The van der Waals surface area contributed by atoms with Crippen molar-refractivity contribution in [2.24, 2.45) is 5.73 Å². The molecule has 0 atom stereocenters. The van der Waals surface area contributed by atoms with Crippen LogP contribution < -0.4 is 5.73 Å². The highest BCUT2D eigenvalue weighted by Crippen LogP contribution is 2.25. The molecule has 0 fully saturated rings. The van der Waals surface area contributed by atoms with Crippen molar-refractivity contribution in [1.29, 1.82) is 5.26 Å². The molecule has 0 aromatic heterocycles. The second-order valence-corrected chi connectivity index (χ2v) is 6.20. The average molecular weight is 332 g/mol. The Kier molecular flexibility index (Phi) is 5.26. The molecule has 8 nitrogen and oxygen atoms in total. The molecule has 0 radical (unpaired) electrons. The first kappa shape index (κ1) is 16.9. The van der Waals surface area contributed by atoms with Gasteiger partial charge in [-0.1, -0.05) is 11.6 Å². The molecular formula is C11H10ClN3O5S. The molecule has 0 unspecified atom stereocenters. The maximum absolute atomic E-state index is 12.3. The summed E-state index contributed by atoms with van der Waals surface area (Å²) in [6.45, 7) is -1.74. The molecule has 0 aliphatic heterocycles. The quantitative estimate of drug-likeness (QED) is 0.737. The number of carboxylic acid groups (broad SMARTS) is 1. The van der Waals surface area contributed by atoms with Crippen molar-refractivity contribution < 1.29 is 23.1 Å². The number of nitrogens with two attached hydrogens (primary N) is 1. The first-order valence-electron chi connectivity index (χ1n) is 5.38. The minimum absolute atomic E-state index is 0.138. The van der Waals surface area contributed by atoms with Gasteiger partial charge in [0, 0.05) is 0 Å². The Bertz CT molecular complexity index is 710. The Labute approximate surface area is 125 Å². The van der Waals surface area contributed by atoms with E-state index in [0.717, 1.165) is 12.1 Å². The van der Waals surface area contributed by atoms with Crippen LogP contribution in [0.5, 0.6) is 0 Å². The minimum atomic E-state index is -4.34. The Balaban J connectivity index is 3.31. The van der Waals surface area contributed by atoms with Crippen LogP contribution in [0, 0.1) is 11.3 Å². The highest BCUT2D eigenvalue weighted by Gasteiger charge is 2.29. The van der Waals surface area contributed by atoms with Gasteiger partial charge in [-0.05, 0) is 18.2 Å². The number of hydrogen-bond acceptors (Lipinski definition) is 5. The van der Waals surface area contributed by atoms with Gasteiger partial charge >= 0.3 is 5.97 Å². The fourth-order valence-electron chi connectivity index (χ4n) is 1.47. The molecule has 0 aliphatic carbocycles. The number of halogens is 1. The maximum Gasteiger partial charge on any atom is 0.318 e. The zero-order chi connectivity index (χ0) is 16.2. The Morgan fingerprint density at radius 1 is 1.38 bits per heavy atom. The molecule has 0 heterocycles. The summed E-state index contributed by atoms with van der Waals surface area (Å²) in [5, 5.41) is 17.2. The minimum Gasteiger partial charge on any atom is -0.480 e. The number of benzene rings is 1. The van der Waals surface area contributed by atoms with E-state index in [1.807, 2.05) is 0 Å². The summed E-state index contributed by atoms with van der Waals surface area (Å²) in [6.07, 6.45) is 0. The van der Waals surface area contributed by atoms with Gasteiger partial charge in [0.25, 0.3) is 0 Å². The van der Waals surface area contributed by atoms with E-state index >= 15 is 0 Å². The van der Waals surface area contributed by atoms with Gasteiger partial charge in [0.05, 0.1) is 23.2 Å². The zero-order valence-corrected chi connectivity index (χ0v) is 12.1. The van der Waals surface area contributed by atoms with Crippen molar-refractivity contribution in [3.8, 4) is 6.07 Å². The van der Waals surface area contributed by atoms with E-state index < -0.39 is 39.9 Å². The number of amides is 1. The standard InChI is InChI=1S/C11H10ClN3O5S/c12-8-3-7(4-13)1-2-9(8)21(19,20)15(5-10(14)16)6-11(17)18/h1-3H,5-6H2,(H2,14,16)(H,17,18). The van der Waals surface area contributed by atoms with Gasteiger partial charge in [-0.3, -0.25) is 9.59 Å². The Hall–Kier alpha value is -2.15. The third-order valence-corrected chi connectivity index (χ3v) is 4.60. The molecule has 1 rings (SSSR count). The maximum atomic E-state index is 12.3. The van der Waals surface area contributed by atoms with Gasteiger partial charge in [-0.25, -0.2) is 8.42 Å². The van der Waals surface area contributed by atoms with Gasteiger partial charge in [-0.15, -0.1) is 0 Å². The van der Waals surface area contributed by atoms with Crippen LogP contribution in [-0.2, 0) is 19.6 Å². The SMILES string of the molecule is N#Cc1ccc(S(=O)(=O)N(CC(N)=O)CC(=O)O)c(Cl)c1. The summed E-state index contributed by atoms with van der Waals surface area (Å²) >= 11 is 5.79. The average Bonchev–Trinajstić information content (AvgIpc) is 2.36. The molecule has 1 amide bonds. The number of rotatable bonds is 6. The van der Waals surface area contributed by atoms with Crippen LogP contribution in [0.4, 0.5) is 0 Å². The number of hydrogen-bond donors (Lipinski definition) is 2. The highest BCUT2D eigenvalue weighted by molar-refractivity contribution is 7.89. The zero-order valence-electron chi connectivity index (χ0n) is 10.5. The lowest BCUT2D eigenvalue weighted by Gasteiger charge is -2.19. The van der Waals surface area contributed by atoms with E-state index in [1.54, 1.807) is 6.07 Å². The molecule has 112 valence electrons. The van der Waals surface area contributed by atoms with Crippen LogP contribution in [0.2, 0.25) is 5.02 Å². The molecule has 21 heavy (non-hydrogen) atoms. The molecule has 0 saturated carbocycles. The van der Waals surface area contributed by atoms with Crippen molar-refractivity contribution in [2.45, 2.75) is 4.90 Å². The second-order valence-electron chi connectivity index (χ2n) is 3.89. The summed E-state index contributed by atoms with van der Waals surface area (Å²) in [4.78, 5) is 21.2. The lowest BCUT2D eigenvalue weighted by molar-refractivity contribution is -0.137. The third kappa shape index (κ3) is 4.16. The summed E-state index contributed by atoms with van der Waals surface area (Å²) in [5.74, 6) is -2.46. The smallest absolute Gasteiger partial charge is 0.318 e. The van der Waals surface area contributed by atoms with E-state index in [9.17, 15) is 18.0 Å². The van der Waals surface area contributed by atoms with Crippen LogP contribution in [0.15, 0.2) is 23.1 Å². The molecule has 0 aliphatic rings. The topological polar surface area (TPSA) is 142 Å². The van der Waals surface area contributed by atoms with Crippen LogP contribution in [0.1, 0.15) is 5.56 Å². The van der Waals surface area contributed by atoms with E-state index in [2.05, 4.69) is 0 Å². The van der Waals surface area contributed by atoms with Crippen LogP contribution in [-0.4, -0.2) is 42.8 Å². The van der Waals surface area contributed by atoms with Gasteiger partial charge in [-0.2, -0.15) is 9.57 Å². The number of carboxylic acids is 1. The fraction of sp³-hybridized carbons (Fsp3) is 0.182. The Morgan fingerprint density at radius 3 is 2.43 bits per heavy atom. The van der Waals surface area contributed by atoms with Crippen molar-refractivity contribution in [2.75, 3.05) is 13.1 Å². The van der Waals surface area contributed by atoms with Crippen LogP contribution in [0.25, 0.3) is 0 Å². The second kappa shape index (κ2) is 6.53. The molecular weight excluding hydrogens is 322 g/mol. The molecule has 3 N–H and O–H groups in total. The first-order chi connectivity index (χ1) is 9.68. The number of aliphatic carboxylic acids is 1. The molecule has 0 spiro atoms. The number of sulfonamides is 1. The highest BCUT2D eigenvalue weighted by atomic mass is 35.5. The largest absolute Gasteiger partial charge is 0.480 e. The normalized spacial score (nSPS) is 11.1. The fourth-order valence-corrected chi connectivity index (χ4v) is 3.34. The molecule has 1 aromatic carbocycles. The van der Waals surface area contributed by atoms with Gasteiger partial charge in [0.2, 0.25) is 15.9 Å². The number of nitrogens with zero attached hydrogens (tertiary/aromatic N) is 2. The van der Waals surface area contributed by atoms with Gasteiger partial charge in [0.15, 0.2) is 0 Å². The number of carbonyl (C=O) groups is 2. The monoisotopic (exact) mass is 331 g/mol. The summed E-state index contributed by atoms with van der Waals surface area (Å²) in [7, 11) is -4.34. The van der Waals surface area contributed by atoms with Crippen LogP contribution in [0.3, 0.4) is 0 Å². The molecule has 1 aromatic rings. The first-order valence-corrected chi connectivity index (χ1v) is 7.20. The lowest BCUT2D eigenvalue weighted by Crippen LogP contribution is -2.41. The van der Waals surface area contributed by atoms with E-state index in [-0.39, 0.29) is 10.6 Å². The molecule has 0 saturated heterocycles. The van der Waals surface area contributed by atoms with Crippen molar-refractivity contribution >= 4 is 33.5 Å².